The largest absolute Gasteiger partial charge is 0.281 e. The molecule has 0 spiro atoms. The molecule has 0 amide bonds. The summed E-state index contributed by atoms with van der Waals surface area (Å²) in [7, 11) is -3.83. The quantitative estimate of drug-likeness (QED) is 0.795. The highest BCUT2D eigenvalue weighted by Crippen LogP contribution is 2.69. The summed E-state index contributed by atoms with van der Waals surface area (Å²) < 4.78 is 28.4. The highest BCUT2D eigenvalue weighted by molar-refractivity contribution is 8.34. The van der Waals surface area contributed by atoms with Crippen LogP contribution >= 0.6 is 14.4 Å². The SMILES string of the molecule is Cc1ccc(S(=O)(=O)N=P(C)(C)P(C)C)cc1. The van der Waals surface area contributed by atoms with Crippen molar-refractivity contribution in [2.75, 3.05) is 26.7 Å². The monoisotopic (exact) mass is 291 g/mol. The van der Waals surface area contributed by atoms with Crippen molar-refractivity contribution < 1.29 is 8.42 Å². The van der Waals surface area contributed by atoms with Gasteiger partial charge in [-0.25, -0.2) is 0 Å². The first-order chi connectivity index (χ1) is 7.65. The predicted octanol–water partition coefficient (Wildman–Crippen LogP) is 3.80. The lowest BCUT2D eigenvalue weighted by Crippen LogP contribution is -1.96. The van der Waals surface area contributed by atoms with Crippen molar-refractivity contribution in [3.63, 3.8) is 0 Å². The van der Waals surface area contributed by atoms with Gasteiger partial charge < -0.3 is 0 Å². The maximum atomic E-state index is 12.1. The zero-order chi connectivity index (χ0) is 13.3. The predicted molar refractivity (Wildman–Crippen MR) is 78.3 cm³/mol. The van der Waals surface area contributed by atoms with Crippen molar-refractivity contribution >= 4 is 24.4 Å². The lowest BCUT2D eigenvalue weighted by Gasteiger charge is -2.18. The van der Waals surface area contributed by atoms with Gasteiger partial charge in [-0.15, -0.1) is 0 Å². The van der Waals surface area contributed by atoms with Gasteiger partial charge in [0.25, 0.3) is 10.0 Å². The van der Waals surface area contributed by atoms with Crippen LogP contribution in [0.25, 0.3) is 0 Å². The second-order valence-corrected chi connectivity index (χ2v) is 16.3. The molecule has 0 aliphatic heterocycles. The summed E-state index contributed by atoms with van der Waals surface area (Å²) in [4.78, 5) is 0.299. The van der Waals surface area contributed by atoms with Crippen molar-refractivity contribution in [2.24, 2.45) is 4.15 Å². The van der Waals surface area contributed by atoms with Gasteiger partial charge in [-0.2, -0.15) is 12.6 Å². The molecule has 0 aromatic heterocycles. The van der Waals surface area contributed by atoms with Gasteiger partial charge in [0.2, 0.25) is 0 Å². The van der Waals surface area contributed by atoms with Crippen molar-refractivity contribution in [3.8, 4) is 0 Å². The molecule has 3 nitrogen and oxygen atoms in total. The molecule has 1 aromatic rings. The van der Waals surface area contributed by atoms with E-state index in [-0.39, 0.29) is 7.61 Å². The summed E-state index contributed by atoms with van der Waals surface area (Å²) in [6.45, 7) is 8.34. The Balaban J connectivity index is 3.27. The molecule has 6 heteroatoms. The molecule has 0 radical (unpaired) electrons. The lowest BCUT2D eigenvalue weighted by molar-refractivity contribution is 0.598. The third kappa shape index (κ3) is 3.91. The topological polar surface area (TPSA) is 46.5 Å². The zero-order valence-electron chi connectivity index (χ0n) is 10.9. The Bertz CT molecular complexity index is 541. The first-order valence-corrected chi connectivity index (χ1v) is 12.2. The van der Waals surface area contributed by atoms with Gasteiger partial charge in [-0.3, -0.25) is 0 Å². The third-order valence-electron chi connectivity index (χ3n) is 2.61. The zero-order valence-corrected chi connectivity index (χ0v) is 13.5. The van der Waals surface area contributed by atoms with Gasteiger partial charge in [0.05, 0.1) is 4.90 Å². The first-order valence-electron chi connectivity index (χ1n) is 5.23. The minimum Gasteiger partial charge on any atom is -0.199 e. The van der Waals surface area contributed by atoms with Crippen LogP contribution in [0.4, 0.5) is 0 Å². The van der Waals surface area contributed by atoms with Gasteiger partial charge >= 0.3 is 0 Å². The molecule has 0 aliphatic rings. The molecule has 1 aromatic carbocycles. The standard InChI is InChI=1S/C11H19NO2P2S/c1-10-6-8-11(9-7-10)17(13,14)12-16(4,5)15(2)3/h6-9H,1-5H3. The molecule has 0 saturated heterocycles. The van der Waals surface area contributed by atoms with Crippen LogP contribution in [0.1, 0.15) is 5.56 Å². The van der Waals surface area contributed by atoms with Crippen LogP contribution in [0, 0.1) is 6.92 Å². The van der Waals surface area contributed by atoms with Crippen molar-refractivity contribution in [2.45, 2.75) is 11.8 Å². The van der Waals surface area contributed by atoms with Crippen molar-refractivity contribution in [1.29, 1.82) is 0 Å². The third-order valence-corrected chi connectivity index (χ3v) is 14.4. The number of nitrogens with zero attached hydrogens (tertiary/aromatic N) is 1. The number of aryl methyl sites for hydroxylation is 1. The molecule has 0 saturated carbocycles. The summed E-state index contributed by atoms with van der Waals surface area (Å²) in [5.74, 6) is 0. The first kappa shape index (κ1) is 14.9. The van der Waals surface area contributed by atoms with E-state index in [9.17, 15) is 8.42 Å². The normalized spacial score (nSPS) is 12.8. The molecule has 0 aliphatic carbocycles. The Morgan fingerprint density at radius 3 is 2.00 bits per heavy atom. The van der Waals surface area contributed by atoms with E-state index in [0.29, 0.717) is 4.90 Å². The molecule has 1 rings (SSSR count). The minimum atomic E-state index is -3.49. The van der Waals surface area contributed by atoms with E-state index in [4.69, 9.17) is 0 Å². The number of benzene rings is 1. The molecular formula is C11H19NO2P2S. The van der Waals surface area contributed by atoms with E-state index < -0.39 is 16.8 Å². The second-order valence-electron chi connectivity index (χ2n) is 4.55. The average Bonchev–Trinajstić information content (AvgIpc) is 2.16. The highest BCUT2D eigenvalue weighted by atomic mass is 32.2. The average molecular weight is 291 g/mol. The van der Waals surface area contributed by atoms with Gasteiger partial charge in [0.15, 0.2) is 0 Å². The molecule has 0 fully saturated rings. The smallest absolute Gasteiger partial charge is 0.199 e. The van der Waals surface area contributed by atoms with Crippen LogP contribution < -0.4 is 0 Å². The molecule has 0 N–H and O–H groups in total. The number of rotatable bonds is 3. The van der Waals surface area contributed by atoms with Gasteiger partial charge in [0, 0.05) is 6.74 Å². The Morgan fingerprint density at radius 2 is 1.59 bits per heavy atom. The molecule has 17 heavy (non-hydrogen) atoms. The lowest BCUT2D eigenvalue weighted by atomic mass is 10.2. The highest BCUT2D eigenvalue weighted by Gasteiger charge is 2.19. The van der Waals surface area contributed by atoms with Crippen LogP contribution in [0.15, 0.2) is 33.3 Å². The molecule has 0 heterocycles. The van der Waals surface area contributed by atoms with E-state index in [1.165, 1.54) is 0 Å². The van der Waals surface area contributed by atoms with Crippen LogP contribution in [-0.4, -0.2) is 35.1 Å². The molecule has 0 unspecified atom stereocenters. The van der Waals surface area contributed by atoms with Gasteiger partial charge in [0.1, 0.15) is 0 Å². The number of hydrogen-bond donors (Lipinski definition) is 0. The minimum absolute atomic E-state index is 0.299. The van der Waals surface area contributed by atoms with E-state index in [1.807, 2.05) is 20.3 Å². The summed E-state index contributed by atoms with van der Waals surface area (Å²) in [6, 6.07) is 6.85. The number of hydrogen-bond acceptors (Lipinski definition) is 2. The maximum Gasteiger partial charge on any atom is 0.281 e. The van der Waals surface area contributed by atoms with Crippen LogP contribution in [0.2, 0.25) is 0 Å². The fraction of sp³-hybridized carbons (Fsp3) is 0.455. The summed E-state index contributed by atoms with van der Waals surface area (Å²) in [5, 5.41) is 0. The van der Waals surface area contributed by atoms with Crippen LogP contribution in [-0.2, 0) is 10.0 Å². The summed E-state index contributed by atoms with van der Waals surface area (Å²) in [5.41, 5.74) is 1.05. The van der Waals surface area contributed by atoms with Gasteiger partial charge in [-0.1, -0.05) is 25.3 Å². The Morgan fingerprint density at radius 1 is 1.12 bits per heavy atom. The molecule has 0 bridgehead atoms. The van der Waals surface area contributed by atoms with E-state index in [2.05, 4.69) is 17.5 Å². The summed E-state index contributed by atoms with van der Waals surface area (Å²) >= 11 is 0. The van der Waals surface area contributed by atoms with E-state index >= 15 is 0 Å². The Kier molecular flexibility index (Phi) is 4.57. The second kappa shape index (κ2) is 5.22. The van der Waals surface area contributed by atoms with Crippen LogP contribution in [0.3, 0.4) is 0 Å². The Hall–Kier alpha value is -0.170. The fourth-order valence-electron chi connectivity index (χ4n) is 1.09. The molecular weight excluding hydrogens is 272 g/mol. The van der Waals surface area contributed by atoms with Crippen LogP contribution in [0.5, 0.6) is 0 Å². The van der Waals surface area contributed by atoms with E-state index in [0.717, 1.165) is 5.56 Å². The Labute approximate surface area is 105 Å². The van der Waals surface area contributed by atoms with Crippen molar-refractivity contribution in [3.05, 3.63) is 29.8 Å². The fourth-order valence-corrected chi connectivity index (χ4v) is 6.82. The maximum absolute atomic E-state index is 12.1. The van der Waals surface area contributed by atoms with Gasteiger partial charge in [-0.05, 0) is 45.7 Å². The number of sulfonamides is 1. The van der Waals surface area contributed by atoms with E-state index in [1.54, 1.807) is 24.3 Å². The molecule has 96 valence electrons. The van der Waals surface area contributed by atoms with Crippen molar-refractivity contribution in [1.82, 2.24) is 0 Å². The summed E-state index contributed by atoms with van der Waals surface area (Å²) in [6.07, 6.45) is 0. The molecule has 0 atom stereocenters.